The van der Waals surface area contributed by atoms with Crippen molar-refractivity contribution in [3.8, 4) is 11.5 Å². The summed E-state index contributed by atoms with van der Waals surface area (Å²) >= 11 is 0. The first kappa shape index (κ1) is 23.6. The van der Waals surface area contributed by atoms with E-state index in [-0.39, 0.29) is 5.91 Å². The Morgan fingerprint density at radius 3 is 2.11 bits per heavy atom. The van der Waals surface area contributed by atoms with Crippen LogP contribution in [0.5, 0.6) is 11.5 Å². The Labute approximate surface area is 204 Å². The number of carbonyl (C=O) groups is 1. The minimum absolute atomic E-state index is 0.316. The van der Waals surface area contributed by atoms with Gasteiger partial charge in [0.25, 0.3) is 5.91 Å². The molecule has 2 N–H and O–H groups in total. The Morgan fingerprint density at radius 2 is 1.49 bits per heavy atom. The summed E-state index contributed by atoms with van der Waals surface area (Å²) in [5.41, 5.74) is 2.90. The maximum Gasteiger partial charge on any atom is 0.274 e. The highest BCUT2D eigenvalue weighted by molar-refractivity contribution is 5.94. The lowest BCUT2D eigenvalue weighted by atomic mass is 10.2. The predicted molar refractivity (Wildman–Crippen MR) is 137 cm³/mol. The molecule has 35 heavy (non-hydrogen) atoms. The highest BCUT2D eigenvalue weighted by Gasteiger charge is 2.15. The molecule has 0 spiro atoms. The van der Waals surface area contributed by atoms with Crippen molar-refractivity contribution in [3.63, 3.8) is 0 Å². The maximum atomic E-state index is 13.0. The summed E-state index contributed by atoms with van der Waals surface area (Å²) in [6, 6.07) is 25.0. The molecular weight excluding hydrogens is 442 g/mol. The van der Waals surface area contributed by atoms with E-state index < -0.39 is 0 Å². The number of hydrogen-bond donors (Lipinski definition) is 2. The van der Waals surface area contributed by atoms with Gasteiger partial charge in [-0.15, -0.1) is 5.10 Å². The molecule has 1 aromatic heterocycles. The maximum absolute atomic E-state index is 13.0. The Kier molecular flexibility index (Phi) is 7.75. The predicted octanol–water partition coefficient (Wildman–Crippen LogP) is 4.87. The van der Waals surface area contributed by atoms with Crippen molar-refractivity contribution in [2.75, 3.05) is 24.9 Å². The standard InChI is InChI=1S/C27H27N5O3/c1-34-23-12-6-10-21(16-23)18-28-26-30-27(29-19-22-11-7-13-24(17-22)35-2)32(31-26)25(33)15-14-20-8-4-3-5-9-20/h3-17H,18-19H2,1-2H3,(H2,28,29,30,31)/b15-14+. The highest BCUT2D eigenvalue weighted by Crippen LogP contribution is 2.17. The Bertz CT molecular complexity index is 1300. The van der Waals surface area contributed by atoms with Crippen LogP contribution in [-0.2, 0) is 13.1 Å². The summed E-state index contributed by atoms with van der Waals surface area (Å²) in [7, 11) is 3.26. The number of benzene rings is 3. The van der Waals surface area contributed by atoms with Crippen LogP contribution in [-0.4, -0.2) is 34.9 Å². The minimum atomic E-state index is -0.316. The topological polar surface area (TPSA) is 90.3 Å². The number of methoxy groups -OCH3 is 2. The van der Waals surface area contributed by atoms with Gasteiger partial charge in [-0.25, -0.2) is 0 Å². The highest BCUT2D eigenvalue weighted by atomic mass is 16.5. The van der Waals surface area contributed by atoms with Gasteiger partial charge in [-0.1, -0.05) is 54.6 Å². The third-order valence-electron chi connectivity index (χ3n) is 5.20. The lowest BCUT2D eigenvalue weighted by molar-refractivity contribution is 0.0957. The van der Waals surface area contributed by atoms with E-state index in [9.17, 15) is 4.79 Å². The van der Waals surface area contributed by atoms with Gasteiger partial charge in [-0.2, -0.15) is 9.67 Å². The molecule has 0 saturated heterocycles. The zero-order valence-corrected chi connectivity index (χ0v) is 19.6. The van der Waals surface area contributed by atoms with Gasteiger partial charge in [0.05, 0.1) is 14.2 Å². The molecule has 8 nitrogen and oxygen atoms in total. The van der Waals surface area contributed by atoms with Crippen LogP contribution >= 0.6 is 0 Å². The van der Waals surface area contributed by atoms with Crippen molar-refractivity contribution in [1.29, 1.82) is 0 Å². The number of aromatic nitrogens is 3. The van der Waals surface area contributed by atoms with Crippen LogP contribution in [0.15, 0.2) is 84.9 Å². The van der Waals surface area contributed by atoms with Crippen molar-refractivity contribution < 1.29 is 14.3 Å². The van der Waals surface area contributed by atoms with E-state index in [2.05, 4.69) is 20.7 Å². The van der Waals surface area contributed by atoms with E-state index >= 15 is 0 Å². The van der Waals surface area contributed by atoms with Crippen LogP contribution in [0.25, 0.3) is 6.08 Å². The van der Waals surface area contributed by atoms with Crippen molar-refractivity contribution in [1.82, 2.24) is 14.8 Å². The molecule has 1 heterocycles. The summed E-state index contributed by atoms with van der Waals surface area (Å²) in [6.45, 7) is 0.922. The van der Waals surface area contributed by atoms with Crippen molar-refractivity contribution in [3.05, 3.63) is 102 Å². The van der Waals surface area contributed by atoms with Gasteiger partial charge in [-0.05, 0) is 47.0 Å². The molecule has 4 aromatic rings. The van der Waals surface area contributed by atoms with Gasteiger partial charge in [0.2, 0.25) is 11.9 Å². The molecule has 4 rings (SSSR count). The van der Waals surface area contributed by atoms with Gasteiger partial charge in [-0.3, -0.25) is 4.79 Å². The summed E-state index contributed by atoms with van der Waals surface area (Å²) in [6.07, 6.45) is 3.23. The van der Waals surface area contributed by atoms with E-state index in [4.69, 9.17) is 9.47 Å². The van der Waals surface area contributed by atoms with Crippen LogP contribution in [0.2, 0.25) is 0 Å². The second kappa shape index (κ2) is 11.5. The lowest BCUT2D eigenvalue weighted by Crippen LogP contribution is -2.14. The molecule has 0 fully saturated rings. The molecule has 178 valence electrons. The molecule has 0 saturated carbocycles. The van der Waals surface area contributed by atoms with Gasteiger partial charge in [0.15, 0.2) is 0 Å². The molecule has 0 bridgehead atoms. The quantitative estimate of drug-likeness (QED) is 0.320. The molecule has 3 aromatic carbocycles. The van der Waals surface area contributed by atoms with E-state index in [1.54, 1.807) is 20.3 Å². The SMILES string of the molecule is COc1cccc(CNc2nc(NCc3cccc(OC)c3)n(C(=O)/C=C/c3ccccc3)n2)c1. The van der Waals surface area contributed by atoms with Crippen LogP contribution in [0, 0.1) is 0 Å². The fourth-order valence-electron chi connectivity index (χ4n) is 3.38. The average Bonchev–Trinajstić information content (AvgIpc) is 3.33. The first-order valence-corrected chi connectivity index (χ1v) is 11.1. The number of anilines is 2. The first-order chi connectivity index (χ1) is 17.1. The number of rotatable bonds is 10. The Morgan fingerprint density at radius 1 is 0.857 bits per heavy atom. The lowest BCUT2D eigenvalue weighted by Gasteiger charge is -2.07. The molecule has 0 aliphatic heterocycles. The summed E-state index contributed by atoms with van der Waals surface area (Å²) < 4.78 is 11.8. The summed E-state index contributed by atoms with van der Waals surface area (Å²) in [5.74, 6) is 1.88. The zero-order chi connectivity index (χ0) is 24.5. The molecule has 0 atom stereocenters. The molecule has 8 heteroatoms. The monoisotopic (exact) mass is 469 g/mol. The zero-order valence-electron chi connectivity index (χ0n) is 19.6. The van der Waals surface area contributed by atoms with E-state index in [1.807, 2.05) is 78.9 Å². The van der Waals surface area contributed by atoms with E-state index in [0.29, 0.717) is 25.0 Å². The van der Waals surface area contributed by atoms with Gasteiger partial charge in [0, 0.05) is 19.2 Å². The number of nitrogens with zero attached hydrogens (tertiary/aromatic N) is 3. The van der Waals surface area contributed by atoms with Gasteiger partial charge >= 0.3 is 0 Å². The van der Waals surface area contributed by atoms with Gasteiger partial charge in [0.1, 0.15) is 11.5 Å². The molecule has 0 aliphatic rings. The first-order valence-electron chi connectivity index (χ1n) is 11.1. The van der Waals surface area contributed by atoms with E-state index in [0.717, 1.165) is 28.2 Å². The Balaban J connectivity index is 1.53. The van der Waals surface area contributed by atoms with Gasteiger partial charge < -0.3 is 20.1 Å². The second-order valence-corrected chi connectivity index (χ2v) is 7.66. The molecule has 0 unspecified atom stereocenters. The van der Waals surface area contributed by atoms with Crippen molar-refractivity contribution in [2.45, 2.75) is 13.1 Å². The number of carbonyl (C=O) groups excluding carboxylic acids is 1. The smallest absolute Gasteiger partial charge is 0.274 e. The number of hydrogen-bond acceptors (Lipinski definition) is 7. The van der Waals surface area contributed by atoms with Crippen LogP contribution < -0.4 is 20.1 Å². The third-order valence-corrected chi connectivity index (χ3v) is 5.20. The molecule has 0 radical (unpaired) electrons. The normalized spacial score (nSPS) is 10.8. The van der Waals surface area contributed by atoms with Crippen LogP contribution in [0.1, 0.15) is 21.5 Å². The fraction of sp³-hybridized carbons (Fsp3) is 0.148. The number of allylic oxidation sites excluding steroid dienone is 1. The van der Waals surface area contributed by atoms with E-state index in [1.165, 1.54) is 10.8 Å². The summed E-state index contributed by atoms with van der Waals surface area (Å²) in [4.78, 5) is 17.5. The second-order valence-electron chi connectivity index (χ2n) is 7.66. The Hall–Kier alpha value is -4.59. The molecular formula is C27H27N5O3. The van der Waals surface area contributed by atoms with Crippen LogP contribution in [0.4, 0.5) is 11.9 Å². The number of nitrogens with one attached hydrogen (secondary N) is 2. The molecule has 0 amide bonds. The molecule has 0 aliphatic carbocycles. The minimum Gasteiger partial charge on any atom is -0.497 e. The van der Waals surface area contributed by atoms with Crippen LogP contribution in [0.3, 0.4) is 0 Å². The largest absolute Gasteiger partial charge is 0.497 e. The summed E-state index contributed by atoms with van der Waals surface area (Å²) in [5, 5.41) is 10.8. The average molecular weight is 470 g/mol. The van der Waals surface area contributed by atoms with Crippen molar-refractivity contribution in [2.24, 2.45) is 0 Å². The number of ether oxygens (including phenoxy) is 2. The van der Waals surface area contributed by atoms with Crippen molar-refractivity contribution >= 4 is 23.9 Å². The third kappa shape index (κ3) is 6.48. The fourth-order valence-corrected chi connectivity index (χ4v) is 3.38.